The number of likely N-dealkylation sites (N-methyl/N-ethyl adjacent to an activating group) is 1. The second kappa shape index (κ2) is 15.4. The Kier molecular flexibility index (Phi) is 13.2. The normalized spacial score (nSPS) is 22.9. The standard InChI is InChI=1S/C25H43N5O7P2/c1-18(2)30(19(3)4)38(35-15-9-12-26)37-22-20(11-17-39(7,8)33)36-24(23(22)34-16-14-28(5)6)29-13-10-21(31)27-25(29)32/h10-11,13,17-20,22-24H,9,14-16H2,1-8H3,(H,27,31,32)/b17-11+/t20-,22-,23-,24-,38?/m1/s1. The number of nitriles is 1. The molecule has 2 heterocycles. The van der Waals surface area contributed by atoms with Gasteiger partial charge >= 0.3 is 5.69 Å². The summed E-state index contributed by atoms with van der Waals surface area (Å²) in [5, 5.41) is 9.08. The summed E-state index contributed by atoms with van der Waals surface area (Å²) in [5.74, 6) is 1.60. The molecule has 0 saturated carbocycles. The summed E-state index contributed by atoms with van der Waals surface area (Å²) >= 11 is 0. The van der Waals surface area contributed by atoms with Gasteiger partial charge in [0.15, 0.2) is 6.23 Å². The SMILES string of the molecule is CC(C)N(C(C)C)P(OCCC#N)O[C@H]1[C@@H](OCCN(C)C)[C@H](n2ccc(=O)[nH]c2=O)O[C@@H]1/C=C/P(C)(C)=O. The van der Waals surface area contributed by atoms with Crippen molar-refractivity contribution in [1.82, 2.24) is 19.1 Å². The summed E-state index contributed by atoms with van der Waals surface area (Å²) < 4.78 is 41.4. The van der Waals surface area contributed by atoms with Crippen molar-refractivity contribution < 1.29 is 23.1 Å². The fourth-order valence-electron chi connectivity index (χ4n) is 4.03. The molecule has 1 aromatic rings. The van der Waals surface area contributed by atoms with Gasteiger partial charge in [0.05, 0.1) is 25.7 Å². The molecule has 1 aromatic heterocycles. The zero-order chi connectivity index (χ0) is 29.3. The number of aromatic nitrogens is 2. The van der Waals surface area contributed by atoms with Gasteiger partial charge in [-0.15, -0.1) is 0 Å². The van der Waals surface area contributed by atoms with Crippen molar-refractivity contribution in [3.8, 4) is 6.07 Å². The predicted molar refractivity (Wildman–Crippen MR) is 152 cm³/mol. The Morgan fingerprint density at radius 3 is 2.41 bits per heavy atom. The van der Waals surface area contributed by atoms with Crippen LogP contribution in [0.5, 0.6) is 0 Å². The highest BCUT2D eigenvalue weighted by Crippen LogP contribution is 2.51. The first-order valence-corrected chi connectivity index (χ1v) is 16.8. The Hall–Kier alpha value is -1.67. The second-order valence-corrected chi connectivity index (χ2v) is 15.1. The number of aromatic amines is 1. The maximum atomic E-state index is 12.8. The lowest BCUT2D eigenvalue weighted by Gasteiger charge is -2.38. The van der Waals surface area contributed by atoms with Crippen molar-refractivity contribution in [3.05, 3.63) is 45.0 Å². The number of rotatable bonds is 15. The number of H-pyrrole nitrogens is 1. The Morgan fingerprint density at radius 2 is 1.87 bits per heavy atom. The largest absolute Gasteiger partial charge is 0.369 e. The number of nitrogens with zero attached hydrogens (tertiary/aromatic N) is 4. The fourth-order valence-corrected chi connectivity index (χ4v) is 6.37. The molecular formula is C25H43N5O7P2. The Morgan fingerprint density at radius 1 is 1.21 bits per heavy atom. The van der Waals surface area contributed by atoms with E-state index in [1.54, 1.807) is 25.2 Å². The average Bonchev–Trinajstić information content (AvgIpc) is 3.13. The third kappa shape index (κ3) is 10.3. The molecule has 0 amide bonds. The minimum Gasteiger partial charge on any atom is -0.369 e. The van der Waals surface area contributed by atoms with E-state index in [0.29, 0.717) is 13.2 Å². The molecule has 2 rings (SSSR count). The smallest absolute Gasteiger partial charge is 0.330 e. The van der Waals surface area contributed by atoms with Gasteiger partial charge in [-0.25, -0.2) is 9.46 Å². The van der Waals surface area contributed by atoms with Gasteiger partial charge in [-0.2, -0.15) is 5.26 Å². The van der Waals surface area contributed by atoms with Gasteiger partial charge in [-0.05, 0) is 67.0 Å². The van der Waals surface area contributed by atoms with E-state index in [1.165, 1.54) is 16.8 Å². The van der Waals surface area contributed by atoms with Crippen LogP contribution < -0.4 is 11.2 Å². The second-order valence-electron chi connectivity index (χ2n) is 10.5. The Balaban J connectivity index is 2.58. The van der Waals surface area contributed by atoms with Gasteiger partial charge < -0.3 is 28.0 Å². The van der Waals surface area contributed by atoms with E-state index in [2.05, 4.69) is 15.7 Å². The first kappa shape index (κ1) is 33.5. The molecule has 1 saturated heterocycles. The molecule has 12 nitrogen and oxygen atoms in total. The Labute approximate surface area is 232 Å². The van der Waals surface area contributed by atoms with E-state index < -0.39 is 51.5 Å². The minimum atomic E-state index is -2.56. The van der Waals surface area contributed by atoms with Crippen molar-refractivity contribution >= 4 is 15.7 Å². The number of ether oxygens (including phenoxy) is 2. The van der Waals surface area contributed by atoms with Gasteiger partial charge in [0.2, 0.25) is 0 Å². The summed E-state index contributed by atoms with van der Waals surface area (Å²) in [6, 6.07) is 3.46. The maximum absolute atomic E-state index is 12.8. The number of hydrogen-bond acceptors (Lipinski definition) is 10. The molecule has 14 heteroatoms. The first-order valence-electron chi connectivity index (χ1n) is 13.0. The van der Waals surface area contributed by atoms with Crippen molar-refractivity contribution in [2.75, 3.05) is 47.2 Å². The summed E-state index contributed by atoms with van der Waals surface area (Å²) in [4.78, 5) is 28.7. The molecule has 0 bridgehead atoms. The van der Waals surface area contributed by atoms with Crippen LogP contribution in [0.15, 0.2) is 33.7 Å². The molecule has 0 radical (unpaired) electrons. The molecule has 0 aliphatic carbocycles. The summed E-state index contributed by atoms with van der Waals surface area (Å²) in [5.41, 5.74) is -1.17. The van der Waals surface area contributed by atoms with E-state index >= 15 is 0 Å². The monoisotopic (exact) mass is 587 g/mol. The number of nitrogens with one attached hydrogen (secondary N) is 1. The van der Waals surface area contributed by atoms with Crippen molar-refractivity contribution in [1.29, 1.82) is 5.26 Å². The zero-order valence-electron chi connectivity index (χ0n) is 24.1. The van der Waals surface area contributed by atoms with E-state index in [1.807, 2.05) is 46.7 Å². The Bertz CT molecular complexity index is 1130. The van der Waals surface area contributed by atoms with Crippen molar-refractivity contribution in [2.24, 2.45) is 0 Å². The van der Waals surface area contributed by atoms with Crippen molar-refractivity contribution in [2.45, 2.75) is 70.7 Å². The van der Waals surface area contributed by atoms with Crippen LogP contribution in [0.3, 0.4) is 0 Å². The van der Waals surface area contributed by atoms with Crippen LogP contribution in [0.4, 0.5) is 0 Å². The van der Waals surface area contributed by atoms with Crippen LogP contribution in [0.2, 0.25) is 0 Å². The van der Waals surface area contributed by atoms with Crippen LogP contribution in [-0.4, -0.2) is 96.7 Å². The molecule has 220 valence electrons. The van der Waals surface area contributed by atoms with Crippen LogP contribution >= 0.6 is 15.7 Å². The third-order valence-corrected chi connectivity index (χ3v) is 8.73. The van der Waals surface area contributed by atoms with E-state index in [0.717, 1.165) is 0 Å². The van der Waals surface area contributed by atoms with Gasteiger partial charge in [0, 0.05) is 30.9 Å². The topological polar surface area (TPSA) is 139 Å². The van der Waals surface area contributed by atoms with E-state index in [4.69, 9.17) is 23.8 Å². The minimum absolute atomic E-state index is 0.0618. The molecule has 39 heavy (non-hydrogen) atoms. The lowest BCUT2D eigenvalue weighted by molar-refractivity contribution is -0.0691. The lowest BCUT2D eigenvalue weighted by Crippen LogP contribution is -2.42. The molecule has 5 atom stereocenters. The average molecular weight is 588 g/mol. The van der Waals surface area contributed by atoms with Gasteiger partial charge in [-0.3, -0.25) is 14.3 Å². The first-order chi connectivity index (χ1) is 18.2. The highest BCUT2D eigenvalue weighted by molar-refractivity contribution is 7.65. The lowest BCUT2D eigenvalue weighted by atomic mass is 10.1. The highest BCUT2D eigenvalue weighted by Gasteiger charge is 2.49. The molecule has 1 aliphatic rings. The van der Waals surface area contributed by atoms with E-state index in [-0.39, 0.29) is 25.1 Å². The fraction of sp³-hybridized carbons (Fsp3) is 0.720. The maximum Gasteiger partial charge on any atom is 0.330 e. The third-order valence-electron chi connectivity index (χ3n) is 5.71. The van der Waals surface area contributed by atoms with Gasteiger partial charge in [0.25, 0.3) is 14.1 Å². The van der Waals surface area contributed by atoms with Crippen molar-refractivity contribution in [3.63, 3.8) is 0 Å². The molecule has 1 unspecified atom stereocenters. The molecular weight excluding hydrogens is 544 g/mol. The molecule has 1 fully saturated rings. The summed E-state index contributed by atoms with van der Waals surface area (Å²) in [7, 11) is -0.407. The van der Waals surface area contributed by atoms with Crippen LogP contribution in [-0.2, 0) is 23.1 Å². The van der Waals surface area contributed by atoms with Crippen LogP contribution in [0.1, 0.15) is 40.3 Å². The van der Waals surface area contributed by atoms with E-state index in [9.17, 15) is 14.2 Å². The highest BCUT2D eigenvalue weighted by atomic mass is 31.2. The van der Waals surface area contributed by atoms with Crippen LogP contribution in [0.25, 0.3) is 0 Å². The number of hydrogen-bond donors (Lipinski definition) is 1. The molecule has 0 aromatic carbocycles. The van der Waals surface area contributed by atoms with Gasteiger partial charge in [-0.1, -0.05) is 0 Å². The van der Waals surface area contributed by atoms with Crippen LogP contribution in [0, 0.1) is 11.3 Å². The molecule has 1 N–H and O–H groups in total. The van der Waals surface area contributed by atoms with Gasteiger partial charge in [0.1, 0.15) is 25.5 Å². The predicted octanol–water partition coefficient (Wildman–Crippen LogP) is 3.18. The summed E-state index contributed by atoms with van der Waals surface area (Å²) in [6.45, 7) is 12.5. The molecule has 0 spiro atoms. The molecule has 1 aliphatic heterocycles. The zero-order valence-corrected chi connectivity index (χ0v) is 25.9. The summed E-state index contributed by atoms with van der Waals surface area (Å²) in [6.07, 6.45) is 0.0345. The quantitative estimate of drug-likeness (QED) is 0.240.